The highest BCUT2D eigenvalue weighted by molar-refractivity contribution is 5.97. The Morgan fingerprint density at radius 2 is 2.15 bits per heavy atom. The fraction of sp³-hybridized carbons (Fsp3) is 0.500. The lowest BCUT2D eigenvalue weighted by atomic mass is 9.86. The first-order chi connectivity index (χ1) is 12.6. The SMILES string of the molecule is CCCNCC(/C=C1\CCc2c[nH]c3cccc1c23)C(=O)N[C@H](C)CC. The van der Waals surface area contributed by atoms with Crippen molar-refractivity contribution in [2.24, 2.45) is 5.92 Å². The molecule has 140 valence electrons. The molecule has 4 nitrogen and oxygen atoms in total. The van der Waals surface area contributed by atoms with E-state index in [4.69, 9.17) is 0 Å². The third-order valence-electron chi connectivity index (χ3n) is 5.33. The number of benzene rings is 1. The zero-order chi connectivity index (χ0) is 18.5. The number of nitrogens with one attached hydrogen (secondary N) is 3. The first kappa shape index (κ1) is 18.7. The van der Waals surface area contributed by atoms with E-state index in [2.05, 4.69) is 66.9 Å². The molecule has 0 fully saturated rings. The third kappa shape index (κ3) is 4.01. The number of rotatable bonds is 8. The monoisotopic (exact) mass is 353 g/mol. The molecule has 0 saturated heterocycles. The quantitative estimate of drug-likeness (QED) is 0.628. The van der Waals surface area contributed by atoms with Gasteiger partial charge in [-0.05, 0) is 61.9 Å². The molecule has 3 rings (SSSR count). The lowest BCUT2D eigenvalue weighted by Crippen LogP contribution is -2.40. The Morgan fingerprint density at radius 3 is 2.92 bits per heavy atom. The summed E-state index contributed by atoms with van der Waals surface area (Å²) >= 11 is 0. The summed E-state index contributed by atoms with van der Waals surface area (Å²) < 4.78 is 0. The molecule has 0 saturated carbocycles. The van der Waals surface area contributed by atoms with Crippen molar-refractivity contribution in [2.75, 3.05) is 13.1 Å². The first-order valence-electron chi connectivity index (χ1n) is 9.95. The second-order valence-corrected chi connectivity index (χ2v) is 7.36. The lowest BCUT2D eigenvalue weighted by molar-refractivity contribution is -0.124. The van der Waals surface area contributed by atoms with E-state index in [-0.39, 0.29) is 17.9 Å². The summed E-state index contributed by atoms with van der Waals surface area (Å²) in [5, 5.41) is 7.91. The van der Waals surface area contributed by atoms with Gasteiger partial charge >= 0.3 is 0 Å². The second kappa shape index (κ2) is 8.54. The smallest absolute Gasteiger partial charge is 0.228 e. The van der Waals surface area contributed by atoms with Gasteiger partial charge in [0.15, 0.2) is 0 Å². The van der Waals surface area contributed by atoms with E-state index in [0.29, 0.717) is 6.54 Å². The van der Waals surface area contributed by atoms with Gasteiger partial charge < -0.3 is 15.6 Å². The average molecular weight is 354 g/mol. The summed E-state index contributed by atoms with van der Waals surface area (Å²) in [6.45, 7) is 7.94. The summed E-state index contributed by atoms with van der Waals surface area (Å²) in [5.41, 5.74) is 5.15. The van der Waals surface area contributed by atoms with Crippen LogP contribution in [0, 0.1) is 5.92 Å². The highest BCUT2D eigenvalue weighted by Crippen LogP contribution is 2.36. The van der Waals surface area contributed by atoms with Crippen LogP contribution in [0.15, 0.2) is 30.5 Å². The summed E-state index contributed by atoms with van der Waals surface area (Å²) in [7, 11) is 0. The van der Waals surface area contributed by atoms with Crippen molar-refractivity contribution >= 4 is 22.4 Å². The lowest BCUT2D eigenvalue weighted by Gasteiger charge is -2.21. The minimum absolute atomic E-state index is 0.127. The van der Waals surface area contributed by atoms with Crippen LogP contribution in [0.3, 0.4) is 0 Å². The van der Waals surface area contributed by atoms with Crippen molar-refractivity contribution in [1.82, 2.24) is 15.6 Å². The maximum Gasteiger partial charge on any atom is 0.228 e. The predicted octanol–water partition coefficient (Wildman–Crippen LogP) is 4.03. The van der Waals surface area contributed by atoms with Gasteiger partial charge in [0.25, 0.3) is 0 Å². The topological polar surface area (TPSA) is 56.9 Å². The molecule has 26 heavy (non-hydrogen) atoms. The molecule has 1 unspecified atom stereocenters. The Labute approximate surface area is 156 Å². The zero-order valence-corrected chi connectivity index (χ0v) is 16.2. The van der Waals surface area contributed by atoms with Crippen molar-refractivity contribution < 1.29 is 4.79 Å². The zero-order valence-electron chi connectivity index (χ0n) is 16.2. The van der Waals surface area contributed by atoms with Crippen LogP contribution < -0.4 is 10.6 Å². The normalized spacial score (nSPS) is 17.4. The Kier molecular flexibility index (Phi) is 6.15. The number of amides is 1. The van der Waals surface area contributed by atoms with Crippen LogP contribution in [0.1, 0.15) is 51.2 Å². The molecule has 3 N–H and O–H groups in total. The Balaban J connectivity index is 1.88. The van der Waals surface area contributed by atoms with E-state index in [1.165, 1.54) is 27.6 Å². The van der Waals surface area contributed by atoms with Gasteiger partial charge in [-0.2, -0.15) is 0 Å². The van der Waals surface area contributed by atoms with Crippen LogP contribution >= 0.6 is 0 Å². The highest BCUT2D eigenvalue weighted by Gasteiger charge is 2.22. The molecule has 4 heteroatoms. The van der Waals surface area contributed by atoms with E-state index < -0.39 is 0 Å². The number of allylic oxidation sites excluding steroid dienone is 1. The fourth-order valence-electron chi connectivity index (χ4n) is 3.65. The molecule has 0 aliphatic heterocycles. The maximum atomic E-state index is 12.8. The standard InChI is InChI=1S/C22H31N3O/c1-4-11-23-13-18(22(26)25-15(3)5-2)12-16-9-10-17-14-24-20-8-6-7-19(16)21(17)20/h6-8,12,14-15,18,23-24H,4-5,9-11,13H2,1-3H3,(H,25,26)/b16-12+/t15-,18?/m1/s1. The van der Waals surface area contributed by atoms with Gasteiger partial charge in [-0.1, -0.05) is 32.1 Å². The summed E-state index contributed by atoms with van der Waals surface area (Å²) in [5.74, 6) is -0.0104. The Hall–Kier alpha value is -2.07. The summed E-state index contributed by atoms with van der Waals surface area (Å²) in [4.78, 5) is 16.2. The molecule has 1 aromatic heterocycles. The van der Waals surface area contributed by atoms with Gasteiger partial charge in [-0.3, -0.25) is 4.79 Å². The minimum Gasteiger partial charge on any atom is -0.361 e. The molecule has 0 bridgehead atoms. The van der Waals surface area contributed by atoms with Gasteiger partial charge in [-0.15, -0.1) is 0 Å². The van der Waals surface area contributed by atoms with Gasteiger partial charge in [0, 0.05) is 29.7 Å². The fourth-order valence-corrected chi connectivity index (χ4v) is 3.65. The number of carbonyl (C=O) groups excluding carboxylic acids is 1. The van der Waals surface area contributed by atoms with Crippen LogP contribution in [0.5, 0.6) is 0 Å². The van der Waals surface area contributed by atoms with Crippen molar-refractivity contribution in [3.8, 4) is 0 Å². The number of aromatic amines is 1. The Morgan fingerprint density at radius 1 is 1.31 bits per heavy atom. The van der Waals surface area contributed by atoms with Crippen LogP contribution in [0.4, 0.5) is 0 Å². The van der Waals surface area contributed by atoms with Crippen molar-refractivity contribution in [3.63, 3.8) is 0 Å². The van der Waals surface area contributed by atoms with Gasteiger partial charge in [0.2, 0.25) is 5.91 Å². The van der Waals surface area contributed by atoms with Gasteiger partial charge in [0.1, 0.15) is 0 Å². The van der Waals surface area contributed by atoms with E-state index >= 15 is 0 Å². The van der Waals surface area contributed by atoms with Gasteiger partial charge in [-0.25, -0.2) is 0 Å². The molecule has 1 heterocycles. The van der Waals surface area contributed by atoms with E-state index in [1.807, 2.05) is 0 Å². The van der Waals surface area contributed by atoms with Crippen LogP contribution in [-0.2, 0) is 11.2 Å². The average Bonchev–Trinajstić information content (AvgIpc) is 3.07. The van der Waals surface area contributed by atoms with E-state index in [0.717, 1.165) is 32.2 Å². The Bertz CT molecular complexity index is 790. The number of aryl methyl sites for hydroxylation is 1. The van der Waals surface area contributed by atoms with Crippen molar-refractivity contribution in [2.45, 2.75) is 52.5 Å². The molecule has 1 aliphatic rings. The molecular weight excluding hydrogens is 322 g/mol. The van der Waals surface area contributed by atoms with Gasteiger partial charge in [0.05, 0.1) is 5.92 Å². The van der Waals surface area contributed by atoms with Crippen LogP contribution in [0.2, 0.25) is 0 Å². The molecule has 0 radical (unpaired) electrons. The molecule has 2 atom stereocenters. The third-order valence-corrected chi connectivity index (χ3v) is 5.33. The molecule has 0 spiro atoms. The van der Waals surface area contributed by atoms with Crippen LogP contribution in [0.25, 0.3) is 16.5 Å². The molecular formula is C22H31N3O. The predicted molar refractivity (Wildman–Crippen MR) is 109 cm³/mol. The maximum absolute atomic E-state index is 12.8. The number of H-pyrrole nitrogens is 1. The second-order valence-electron chi connectivity index (χ2n) is 7.36. The summed E-state index contributed by atoms with van der Waals surface area (Å²) in [6, 6.07) is 6.62. The highest BCUT2D eigenvalue weighted by atomic mass is 16.1. The van der Waals surface area contributed by atoms with Crippen molar-refractivity contribution in [3.05, 3.63) is 41.6 Å². The molecule has 1 aromatic carbocycles. The molecule has 1 aliphatic carbocycles. The number of hydrogen-bond acceptors (Lipinski definition) is 2. The van der Waals surface area contributed by atoms with E-state index in [9.17, 15) is 4.79 Å². The number of carbonyl (C=O) groups is 1. The van der Waals surface area contributed by atoms with Crippen LogP contribution in [-0.4, -0.2) is 30.0 Å². The largest absolute Gasteiger partial charge is 0.361 e. The van der Waals surface area contributed by atoms with E-state index in [1.54, 1.807) is 0 Å². The number of hydrogen-bond donors (Lipinski definition) is 3. The number of aromatic nitrogens is 1. The first-order valence-corrected chi connectivity index (χ1v) is 9.95. The molecule has 2 aromatic rings. The minimum atomic E-state index is -0.138. The summed E-state index contributed by atoms with van der Waals surface area (Å²) in [6.07, 6.45) is 8.37. The van der Waals surface area contributed by atoms with Crippen molar-refractivity contribution in [1.29, 1.82) is 0 Å². The molecule has 1 amide bonds.